The summed E-state index contributed by atoms with van der Waals surface area (Å²) in [6, 6.07) is 12.1. The van der Waals surface area contributed by atoms with Crippen molar-refractivity contribution in [2.24, 2.45) is 0 Å². The number of anilines is 1. The molecular formula is C24H26BrNO5. The first-order valence-electron chi connectivity index (χ1n) is 10.4. The topological polar surface area (TPSA) is 83.9 Å². The predicted octanol–water partition coefficient (Wildman–Crippen LogP) is 4.16. The molecule has 3 rings (SSSR count). The van der Waals surface area contributed by atoms with Crippen LogP contribution in [0.15, 0.2) is 46.9 Å². The van der Waals surface area contributed by atoms with Crippen molar-refractivity contribution >= 4 is 39.3 Å². The molecule has 0 aliphatic carbocycles. The molecule has 7 heteroatoms. The van der Waals surface area contributed by atoms with Crippen molar-refractivity contribution in [2.45, 2.75) is 45.1 Å². The van der Waals surface area contributed by atoms with E-state index in [1.165, 1.54) is 4.90 Å². The highest BCUT2D eigenvalue weighted by Crippen LogP contribution is 2.44. The molecule has 2 aromatic rings. The van der Waals surface area contributed by atoms with E-state index in [0.717, 1.165) is 24.8 Å². The van der Waals surface area contributed by atoms with Gasteiger partial charge in [-0.1, -0.05) is 60.5 Å². The Kier molecular flexibility index (Phi) is 7.28. The molecule has 31 heavy (non-hydrogen) atoms. The van der Waals surface area contributed by atoms with Crippen LogP contribution in [0.5, 0.6) is 0 Å². The summed E-state index contributed by atoms with van der Waals surface area (Å²) in [5, 5.41) is 11.4. The second-order valence-electron chi connectivity index (χ2n) is 7.64. The number of unbranched alkanes of at least 4 members (excludes halogenated alkanes) is 1. The van der Waals surface area contributed by atoms with Gasteiger partial charge in [-0.15, -0.1) is 0 Å². The lowest BCUT2D eigenvalue weighted by Crippen LogP contribution is -2.44. The molecule has 2 aromatic carbocycles. The van der Waals surface area contributed by atoms with Crippen LogP contribution in [-0.4, -0.2) is 35.9 Å². The number of fused-ring (bicyclic) bond motifs is 1. The summed E-state index contributed by atoms with van der Waals surface area (Å²) < 4.78 is 5.84. The fourth-order valence-corrected chi connectivity index (χ4v) is 3.98. The van der Waals surface area contributed by atoms with E-state index in [4.69, 9.17) is 4.74 Å². The van der Waals surface area contributed by atoms with Crippen LogP contribution in [0.2, 0.25) is 0 Å². The van der Waals surface area contributed by atoms with Gasteiger partial charge in [0.25, 0.3) is 5.91 Å². The van der Waals surface area contributed by atoms with Crippen LogP contribution in [0.3, 0.4) is 0 Å². The van der Waals surface area contributed by atoms with Gasteiger partial charge in [-0.25, -0.2) is 0 Å². The maximum absolute atomic E-state index is 13.2. The van der Waals surface area contributed by atoms with Crippen molar-refractivity contribution in [3.8, 4) is 0 Å². The smallest absolute Gasteiger partial charge is 0.326 e. The molecule has 0 fully saturated rings. The summed E-state index contributed by atoms with van der Waals surface area (Å²) in [5.41, 5.74) is 0.161. The van der Waals surface area contributed by atoms with Gasteiger partial charge in [0.15, 0.2) is 11.4 Å². The minimum absolute atomic E-state index is 0.279. The van der Waals surface area contributed by atoms with Gasteiger partial charge in [0.05, 0.1) is 18.7 Å². The van der Waals surface area contributed by atoms with Crippen LogP contribution in [0.25, 0.3) is 0 Å². The molecule has 0 bridgehead atoms. The molecule has 0 spiro atoms. The number of amides is 1. The third-order valence-electron chi connectivity index (χ3n) is 5.44. The highest BCUT2D eigenvalue weighted by molar-refractivity contribution is 9.10. The van der Waals surface area contributed by atoms with Crippen molar-refractivity contribution in [1.29, 1.82) is 0 Å². The minimum Gasteiger partial charge on any atom is -0.464 e. The van der Waals surface area contributed by atoms with Crippen LogP contribution in [0.4, 0.5) is 5.69 Å². The first-order chi connectivity index (χ1) is 14.8. The quantitative estimate of drug-likeness (QED) is 0.326. The summed E-state index contributed by atoms with van der Waals surface area (Å²) in [7, 11) is 0. The Hall–Kier alpha value is -2.51. The Bertz CT molecular complexity index is 988. The van der Waals surface area contributed by atoms with Gasteiger partial charge >= 0.3 is 5.97 Å². The van der Waals surface area contributed by atoms with E-state index >= 15 is 0 Å². The molecule has 1 atom stereocenters. The summed E-state index contributed by atoms with van der Waals surface area (Å²) in [6.07, 6.45) is 2.05. The van der Waals surface area contributed by atoms with Crippen LogP contribution in [0.1, 0.15) is 54.6 Å². The van der Waals surface area contributed by atoms with E-state index in [-0.39, 0.29) is 18.9 Å². The Morgan fingerprint density at radius 2 is 1.84 bits per heavy atom. The number of halogens is 1. The number of carbonyl (C=O) groups excluding carboxylic acids is 3. The average Bonchev–Trinajstić information content (AvgIpc) is 2.95. The standard InChI is InChI=1S/C24H26BrNO5/c1-3-5-12-31-22(28)15-26-20-11-10-18(25)13-19(20)24(30,23(26)29)14-21(27)17-8-6-16(4-2)7-9-17/h6-11,13,30H,3-5,12,14-15H2,1-2H3/t24-/m1/s1. The molecular weight excluding hydrogens is 462 g/mol. The summed E-state index contributed by atoms with van der Waals surface area (Å²) in [4.78, 5) is 39.6. The lowest BCUT2D eigenvalue weighted by molar-refractivity contribution is -0.144. The molecule has 0 unspecified atom stereocenters. The molecule has 0 saturated carbocycles. The second-order valence-corrected chi connectivity index (χ2v) is 8.55. The largest absolute Gasteiger partial charge is 0.464 e. The van der Waals surface area contributed by atoms with Gasteiger partial charge < -0.3 is 9.84 Å². The third-order valence-corrected chi connectivity index (χ3v) is 5.94. The highest BCUT2D eigenvalue weighted by Gasteiger charge is 2.51. The van der Waals surface area contributed by atoms with Crippen molar-refractivity contribution in [2.75, 3.05) is 18.1 Å². The molecule has 1 heterocycles. The number of ketones is 1. The van der Waals surface area contributed by atoms with Crippen molar-refractivity contribution < 1.29 is 24.2 Å². The number of nitrogens with zero attached hydrogens (tertiary/aromatic N) is 1. The van der Waals surface area contributed by atoms with Crippen LogP contribution >= 0.6 is 15.9 Å². The predicted molar refractivity (Wildman–Crippen MR) is 121 cm³/mol. The van der Waals surface area contributed by atoms with Gasteiger partial charge in [0.1, 0.15) is 6.54 Å². The monoisotopic (exact) mass is 487 g/mol. The number of aliphatic hydroxyl groups is 1. The summed E-state index contributed by atoms with van der Waals surface area (Å²) in [5.74, 6) is -1.61. The number of hydrogen-bond acceptors (Lipinski definition) is 5. The van der Waals surface area contributed by atoms with E-state index in [2.05, 4.69) is 15.9 Å². The molecule has 1 aliphatic rings. The number of esters is 1. The first kappa shape index (κ1) is 23.2. The van der Waals surface area contributed by atoms with E-state index in [0.29, 0.717) is 21.3 Å². The molecule has 0 radical (unpaired) electrons. The third kappa shape index (κ3) is 4.88. The molecule has 1 N–H and O–H groups in total. The minimum atomic E-state index is -2.05. The molecule has 0 saturated heterocycles. The lowest BCUT2D eigenvalue weighted by Gasteiger charge is -2.22. The average molecular weight is 488 g/mol. The van der Waals surface area contributed by atoms with Crippen LogP contribution < -0.4 is 4.90 Å². The number of ether oxygens (including phenoxy) is 1. The van der Waals surface area contributed by atoms with Crippen molar-refractivity contribution in [1.82, 2.24) is 0 Å². The molecule has 6 nitrogen and oxygen atoms in total. The normalized spacial score (nSPS) is 17.5. The van der Waals surface area contributed by atoms with Crippen LogP contribution in [-0.2, 0) is 26.3 Å². The van der Waals surface area contributed by atoms with E-state index < -0.39 is 23.9 Å². The lowest BCUT2D eigenvalue weighted by atomic mass is 9.88. The number of rotatable bonds is 9. The molecule has 164 valence electrons. The zero-order valence-electron chi connectivity index (χ0n) is 17.7. The Morgan fingerprint density at radius 3 is 2.48 bits per heavy atom. The Morgan fingerprint density at radius 1 is 1.13 bits per heavy atom. The number of aryl methyl sites for hydroxylation is 1. The number of benzene rings is 2. The summed E-state index contributed by atoms with van der Waals surface area (Å²) in [6.45, 7) is 3.96. The maximum atomic E-state index is 13.2. The fraction of sp³-hybridized carbons (Fsp3) is 0.375. The number of Topliss-reactive ketones (excluding diaryl/α,β-unsaturated/α-hetero) is 1. The molecule has 0 aromatic heterocycles. The summed E-state index contributed by atoms with van der Waals surface area (Å²) >= 11 is 3.36. The number of hydrogen-bond donors (Lipinski definition) is 1. The van der Waals surface area contributed by atoms with E-state index in [1.54, 1.807) is 30.3 Å². The number of carbonyl (C=O) groups is 3. The van der Waals surface area contributed by atoms with E-state index in [1.807, 2.05) is 26.0 Å². The van der Waals surface area contributed by atoms with Gasteiger partial charge in [0, 0.05) is 15.6 Å². The SMILES string of the molecule is CCCCOC(=O)CN1C(=O)[C@@](O)(CC(=O)c2ccc(CC)cc2)c2cc(Br)ccc21. The van der Waals surface area contributed by atoms with Crippen LogP contribution in [0, 0.1) is 0 Å². The molecule has 1 aliphatic heterocycles. The fourth-order valence-electron chi connectivity index (χ4n) is 3.62. The first-order valence-corrected chi connectivity index (χ1v) is 11.2. The zero-order valence-corrected chi connectivity index (χ0v) is 19.3. The van der Waals surface area contributed by atoms with Gasteiger partial charge in [-0.2, -0.15) is 0 Å². The Labute approximate surface area is 190 Å². The van der Waals surface area contributed by atoms with Gasteiger partial charge in [0.2, 0.25) is 0 Å². The Balaban J connectivity index is 1.87. The van der Waals surface area contributed by atoms with Crippen molar-refractivity contribution in [3.05, 3.63) is 63.6 Å². The van der Waals surface area contributed by atoms with E-state index in [9.17, 15) is 19.5 Å². The maximum Gasteiger partial charge on any atom is 0.326 e. The highest BCUT2D eigenvalue weighted by atomic mass is 79.9. The molecule has 1 amide bonds. The zero-order chi connectivity index (χ0) is 22.6. The van der Waals surface area contributed by atoms with Gasteiger partial charge in [-0.05, 0) is 36.6 Å². The van der Waals surface area contributed by atoms with Gasteiger partial charge in [-0.3, -0.25) is 19.3 Å². The van der Waals surface area contributed by atoms with Crippen molar-refractivity contribution in [3.63, 3.8) is 0 Å². The second kappa shape index (κ2) is 9.75.